The molecule has 0 aliphatic rings. The van der Waals surface area contributed by atoms with Gasteiger partial charge in [-0.3, -0.25) is 9.59 Å². The van der Waals surface area contributed by atoms with E-state index in [-0.39, 0.29) is 17.7 Å². The minimum Gasteiger partial charge on any atom is -0.344 e. The summed E-state index contributed by atoms with van der Waals surface area (Å²) in [7, 11) is 0. The third kappa shape index (κ3) is 4.68. The number of rotatable bonds is 5. The monoisotopic (exact) mass is 276 g/mol. The van der Waals surface area contributed by atoms with Gasteiger partial charge in [-0.1, -0.05) is 39.8 Å². The molecule has 1 aromatic rings. The molecule has 0 unspecified atom stereocenters. The van der Waals surface area contributed by atoms with Gasteiger partial charge in [0.25, 0.3) is 0 Å². The highest BCUT2D eigenvalue weighted by Gasteiger charge is 2.22. The van der Waals surface area contributed by atoms with E-state index in [0.29, 0.717) is 5.92 Å². The minimum atomic E-state index is -0.516. The van der Waals surface area contributed by atoms with Crippen LogP contribution in [0.15, 0.2) is 24.3 Å². The molecule has 0 aliphatic heterocycles. The molecule has 1 aromatic carbocycles. The van der Waals surface area contributed by atoms with Crippen molar-refractivity contribution in [3.63, 3.8) is 0 Å². The smallest absolute Gasteiger partial charge is 0.247 e. The van der Waals surface area contributed by atoms with Gasteiger partial charge in [0.05, 0.1) is 0 Å². The van der Waals surface area contributed by atoms with Crippen molar-refractivity contribution in [1.82, 2.24) is 5.32 Å². The summed E-state index contributed by atoms with van der Waals surface area (Å²) in [5.74, 6) is 0.109. The Morgan fingerprint density at radius 3 is 1.95 bits per heavy atom. The predicted octanol–water partition coefficient (Wildman–Crippen LogP) is 2.91. The van der Waals surface area contributed by atoms with Crippen LogP contribution in [0, 0.1) is 5.92 Å². The largest absolute Gasteiger partial charge is 0.344 e. The third-order valence-corrected chi connectivity index (χ3v) is 3.15. The fraction of sp³-hybridized carbons (Fsp3) is 0.500. The summed E-state index contributed by atoms with van der Waals surface area (Å²) in [4.78, 5) is 23.3. The summed E-state index contributed by atoms with van der Waals surface area (Å²) in [6, 6.07) is 7.26. The molecule has 0 heterocycles. The Morgan fingerprint density at radius 1 is 1.00 bits per heavy atom. The van der Waals surface area contributed by atoms with Crippen LogP contribution in [0.3, 0.4) is 0 Å². The highest BCUT2D eigenvalue weighted by molar-refractivity contribution is 5.97. The van der Waals surface area contributed by atoms with Gasteiger partial charge in [-0.2, -0.15) is 0 Å². The van der Waals surface area contributed by atoms with Crippen molar-refractivity contribution in [1.29, 1.82) is 0 Å². The van der Waals surface area contributed by atoms with Crippen molar-refractivity contribution >= 4 is 17.5 Å². The van der Waals surface area contributed by atoms with Crippen LogP contribution < -0.4 is 10.6 Å². The second kappa shape index (κ2) is 7.08. The molecular formula is C16H24N2O2. The standard InChI is InChI=1S/C16H24N2O2/c1-10(2)13-6-8-14(9-7-13)18-16(20)15(11(3)4)17-12(5)19/h6-11,15H,1-5H3,(H,17,19)(H,18,20)/t15-/m0/s1. The average molecular weight is 276 g/mol. The van der Waals surface area contributed by atoms with Crippen molar-refractivity contribution < 1.29 is 9.59 Å². The second-order valence-corrected chi connectivity index (χ2v) is 5.69. The van der Waals surface area contributed by atoms with Crippen LogP contribution in [-0.4, -0.2) is 17.9 Å². The molecule has 110 valence electrons. The van der Waals surface area contributed by atoms with E-state index < -0.39 is 6.04 Å². The average Bonchev–Trinajstić information content (AvgIpc) is 2.35. The molecule has 0 radical (unpaired) electrons. The van der Waals surface area contributed by atoms with Gasteiger partial charge in [0.15, 0.2) is 0 Å². The Kier molecular flexibility index (Phi) is 5.74. The fourth-order valence-corrected chi connectivity index (χ4v) is 1.93. The maximum Gasteiger partial charge on any atom is 0.247 e. The van der Waals surface area contributed by atoms with Crippen LogP contribution in [-0.2, 0) is 9.59 Å². The Balaban J connectivity index is 2.75. The molecule has 20 heavy (non-hydrogen) atoms. The molecule has 4 heteroatoms. The van der Waals surface area contributed by atoms with Gasteiger partial charge in [0.1, 0.15) is 6.04 Å². The topological polar surface area (TPSA) is 58.2 Å². The lowest BCUT2D eigenvalue weighted by Gasteiger charge is -2.21. The van der Waals surface area contributed by atoms with E-state index in [0.717, 1.165) is 5.69 Å². The zero-order valence-electron chi connectivity index (χ0n) is 12.9. The lowest BCUT2D eigenvalue weighted by molar-refractivity contribution is -0.126. The quantitative estimate of drug-likeness (QED) is 0.868. The van der Waals surface area contributed by atoms with Crippen molar-refractivity contribution in [2.75, 3.05) is 5.32 Å². The lowest BCUT2D eigenvalue weighted by Crippen LogP contribution is -2.46. The molecule has 0 aliphatic carbocycles. The maximum absolute atomic E-state index is 12.2. The number of carbonyl (C=O) groups excluding carboxylic acids is 2. The van der Waals surface area contributed by atoms with Crippen LogP contribution in [0.25, 0.3) is 0 Å². The second-order valence-electron chi connectivity index (χ2n) is 5.69. The normalized spacial score (nSPS) is 12.3. The summed E-state index contributed by atoms with van der Waals surface area (Å²) in [6.45, 7) is 9.47. The summed E-state index contributed by atoms with van der Waals surface area (Å²) in [6.07, 6.45) is 0. The number of nitrogens with one attached hydrogen (secondary N) is 2. The van der Waals surface area contributed by atoms with E-state index >= 15 is 0 Å². The number of hydrogen-bond acceptors (Lipinski definition) is 2. The Hall–Kier alpha value is -1.84. The Labute approximate surface area is 121 Å². The molecule has 0 aromatic heterocycles. The molecule has 4 nitrogen and oxygen atoms in total. The van der Waals surface area contributed by atoms with Crippen LogP contribution >= 0.6 is 0 Å². The van der Waals surface area contributed by atoms with Gasteiger partial charge in [-0.05, 0) is 29.5 Å². The first kappa shape index (κ1) is 16.2. The molecule has 1 atom stereocenters. The van der Waals surface area contributed by atoms with E-state index in [1.54, 1.807) is 0 Å². The molecule has 1 rings (SSSR count). The number of anilines is 1. The van der Waals surface area contributed by atoms with E-state index in [9.17, 15) is 9.59 Å². The van der Waals surface area contributed by atoms with Crippen LogP contribution in [0.2, 0.25) is 0 Å². The molecule has 0 bridgehead atoms. The van der Waals surface area contributed by atoms with Crippen molar-refractivity contribution in [2.45, 2.75) is 46.6 Å². The van der Waals surface area contributed by atoms with Gasteiger partial charge in [-0.15, -0.1) is 0 Å². The Bertz CT molecular complexity index is 464. The zero-order chi connectivity index (χ0) is 15.3. The summed E-state index contributed by atoms with van der Waals surface area (Å²) < 4.78 is 0. The minimum absolute atomic E-state index is 0.0360. The first-order chi connectivity index (χ1) is 9.31. The number of hydrogen-bond donors (Lipinski definition) is 2. The zero-order valence-corrected chi connectivity index (χ0v) is 12.9. The van der Waals surface area contributed by atoms with Crippen molar-refractivity contribution in [2.24, 2.45) is 5.92 Å². The van der Waals surface area contributed by atoms with E-state index in [1.165, 1.54) is 12.5 Å². The highest BCUT2D eigenvalue weighted by atomic mass is 16.2. The van der Waals surface area contributed by atoms with Crippen LogP contribution in [0.4, 0.5) is 5.69 Å². The van der Waals surface area contributed by atoms with Crippen LogP contribution in [0.1, 0.15) is 46.1 Å². The van der Waals surface area contributed by atoms with E-state index in [1.807, 2.05) is 38.1 Å². The lowest BCUT2D eigenvalue weighted by atomic mass is 10.0. The highest BCUT2D eigenvalue weighted by Crippen LogP contribution is 2.17. The Morgan fingerprint density at radius 2 is 1.55 bits per heavy atom. The first-order valence-corrected chi connectivity index (χ1v) is 6.99. The maximum atomic E-state index is 12.2. The van der Waals surface area contributed by atoms with Gasteiger partial charge < -0.3 is 10.6 Å². The molecule has 0 spiro atoms. The van der Waals surface area contributed by atoms with Gasteiger partial charge in [0.2, 0.25) is 11.8 Å². The third-order valence-electron chi connectivity index (χ3n) is 3.15. The molecule has 0 saturated heterocycles. The summed E-state index contributed by atoms with van der Waals surface area (Å²) >= 11 is 0. The van der Waals surface area contributed by atoms with Crippen LogP contribution in [0.5, 0.6) is 0 Å². The first-order valence-electron chi connectivity index (χ1n) is 6.99. The van der Waals surface area contributed by atoms with E-state index in [2.05, 4.69) is 24.5 Å². The molecule has 0 saturated carbocycles. The van der Waals surface area contributed by atoms with E-state index in [4.69, 9.17) is 0 Å². The van der Waals surface area contributed by atoms with Gasteiger partial charge in [0, 0.05) is 12.6 Å². The van der Waals surface area contributed by atoms with Gasteiger partial charge >= 0.3 is 0 Å². The summed E-state index contributed by atoms with van der Waals surface area (Å²) in [5.41, 5.74) is 1.97. The fourth-order valence-electron chi connectivity index (χ4n) is 1.93. The molecule has 0 fully saturated rings. The number of carbonyl (C=O) groups is 2. The number of amides is 2. The molecule has 2 amide bonds. The SMILES string of the molecule is CC(=O)N[C@H](C(=O)Nc1ccc(C(C)C)cc1)C(C)C. The predicted molar refractivity (Wildman–Crippen MR) is 81.6 cm³/mol. The number of benzene rings is 1. The van der Waals surface area contributed by atoms with Crippen molar-refractivity contribution in [3.05, 3.63) is 29.8 Å². The van der Waals surface area contributed by atoms with Crippen molar-refractivity contribution in [3.8, 4) is 0 Å². The molecular weight excluding hydrogens is 252 g/mol. The van der Waals surface area contributed by atoms with Gasteiger partial charge in [-0.25, -0.2) is 0 Å². The summed E-state index contributed by atoms with van der Waals surface area (Å²) in [5, 5.41) is 5.52. The molecule has 2 N–H and O–H groups in total.